The summed E-state index contributed by atoms with van der Waals surface area (Å²) in [5.41, 5.74) is 2.31. The van der Waals surface area contributed by atoms with E-state index in [4.69, 9.17) is 9.26 Å². The maximum atomic E-state index is 13.5. The Hall–Kier alpha value is -3.99. The van der Waals surface area contributed by atoms with Gasteiger partial charge in [0, 0.05) is 50.0 Å². The van der Waals surface area contributed by atoms with Gasteiger partial charge in [-0.15, -0.1) is 0 Å². The van der Waals surface area contributed by atoms with Gasteiger partial charge in [-0.2, -0.15) is 0 Å². The van der Waals surface area contributed by atoms with Crippen LogP contribution in [0.15, 0.2) is 53.1 Å². The van der Waals surface area contributed by atoms with Crippen molar-refractivity contribution in [1.29, 1.82) is 0 Å². The van der Waals surface area contributed by atoms with E-state index in [0.29, 0.717) is 31.8 Å². The fourth-order valence-corrected chi connectivity index (χ4v) is 6.31. The summed E-state index contributed by atoms with van der Waals surface area (Å²) >= 11 is 0. The van der Waals surface area contributed by atoms with Gasteiger partial charge in [0.15, 0.2) is 5.58 Å². The molecule has 1 aromatic heterocycles. The third-order valence-electron chi connectivity index (χ3n) is 8.68. The van der Waals surface area contributed by atoms with E-state index >= 15 is 0 Å². The number of fused-ring (bicyclic) bond motifs is 2. The molecule has 0 spiro atoms. The Labute approximate surface area is 243 Å². The van der Waals surface area contributed by atoms with Gasteiger partial charge in [0.05, 0.1) is 11.7 Å². The standard InChI is InChI=1S/C31H36FN5O5/c32-24-8-9-26-27(18-24)42-33-29(26)23-10-14-34(15-11-23)12-4-5-13-37-28(38)19-25-20-35(16-17-36(25)30(37)39)31(40)41-21-22-6-2-1-3-7-22/h1-3,6-9,18,23,25H,4-5,10-17,19-21H2. The molecule has 4 heterocycles. The van der Waals surface area contributed by atoms with Crippen molar-refractivity contribution in [2.24, 2.45) is 0 Å². The zero-order valence-corrected chi connectivity index (χ0v) is 23.6. The van der Waals surface area contributed by atoms with Crippen LogP contribution in [0.4, 0.5) is 14.0 Å². The molecule has 3 aromatic rings. The average Bonchev–Trinajstić information content (AvgIpc) is 3.43. The van der Waals surface area contributed by atoms with Gasteiger partial charge in [-0.1, -0.05) is 35.5 Å². The molecule has 4 amide bonds. The molecule has 0 aliphatic carbocycles. The lowest BCUT2D eigenvalue weighted by molar-refractivity contribution is -0.133. The predicted molar refractivity (Wildman–Crippen MR) is 152 cm³/mol. The number of carbonyl (C=O) groups excluding carboxylic acids is 3. The molecule has 11 heteroatoms. The summed E-state index contributed by atoms with van der Waals surface area (Å²) in [6.07, 6.45) is 3.33. The summed E-state index contributed by atoms with van der Waals surface area (Å²) < 4.78 is 24.3. The van der Waals surface area contributed by atoms with Gasteiger partial charge >= 0.3 is 12.1 Å². The summed E-state index contributed by atoms with van der Waals surface area (Å²) in [5, 5.41) is 5.11. The van der Waals surface area contributed by atoms with Crippen LogP contribution in [0.25, 0.3) is 11.0 Å². The van der Waals surface area contributed by atoms with Gasteiger partial charge in [0.25, 0.3) is 0 Å². The number of imide groups is 1. The largest absolute Gasteiger partial charge is 0.445 e. The van der Waals surface area contributed by atoms with Gasteiger partial charge < -0.3 is 24.0 Å². The normalized spacial score (nSPS) is 20.3. The summed E-state index contributed by atoms with van der Waals surface area (Å²) in [6.45, 7) is 4.43. The third kappa shape index (κ3) is 6.11. The molecule has 1 unspecified atom stereocenters. The van der Waals surface area contributed by atoms with E-state index < -0.39 is 6.09 Å². The van der Waals surface area contributed by atoms with E-state index in [1.807, 2.05) is 30.3 Å². The smallest absolute Gasteiger partial charge is 0.410 e. The van der Waals surface area contributed by atoms with E-state index in [1.54, 1.807) is 15.9 Å². The molecule has 1 atom stereocenters. The topological polar surface area (TPSA) is 99.4 Å². The highest BCUT2D eigenvalue weighted by Gasteiger charge is 2.42. The van der Waals surface area contributed by atoms with Crippen molar-refractivity contribution in [3.8, 4) is 0 Å². The van der Waals surface area contributed by atoms with E-state index in [1.165, 1.54) is 17.0 Å². The van der Waals surface area contributed by atoms with Gasteiger partial charge in [-0.3, -0.25) is 9.69 Å². The molecular formula is C31H36FN5O5. The summed E-state index contributed by atoms with van der Waals surface area (Å²) in [7, 11) is 0. The molecule has 222 valence electrons. The minimum absolute atomic E-state index is 0.179. The molecule has 0 saturated carbocycles. The Balaban J connectivity index is 0.917. The first-order valence-electron chi connectivity index (χ1n) is 14.8. The van der Waals surface area contributed by atoms with Gasteiger partial charge in [-0.25, -0.2) is 14.0 Å². The Kier molecular flexibility index (Phi) is 8.36. The van der Waals surface area contributed by atoms with E-state index in [9.17, 15) is 18.8 Å². The molecule has 6 rings (SSSR count). The molecule has 3 aliphatic heterocycles. The molecule has 0 bridgehead atoms. The van der Waals surface area contributed by atoms with Crippen molar-refractivity contribution >= 4 is 29.0 Å². The zero-order chi connectivity index (χ0) is 29.1. The van der Waals surface area contributed by atoms with Crippen molar-refractivity contribution < 1.29 is 28.0 Å². The fourth-order valence-electron chi connectivity index (χ4n) is 6.31. The lowest BCUT2D eigenvalue weighted by Crippen LogP contribution is -2.64. The highest BCUT2D eigenvalue weighted by Crippen LogP contribution is 2.33. The number of unbranched alkanes of at least 4 members (excludes halogenated alkanes) is 1. The second-order valence-corrected chi connectivity index (χ2v) is 11.4. The van der Waals surface area contributed by atoms with Crippen LogP contribution in [-0.4, -0.2) is 94.6 Å². The molecular weight excluding hydrogens is 541 g/mol. The van der Waals surface area contributed by atoms with Gasteiger partial charge in [0.2, 0.25) is 5.91 Å². The van der Waals surface area contributed by atoms with Crippen LogP contribution in [0, 0.1) is 5.82 Å². The number of hydrogen-bond acceptors (Lipinski definition) is 7. The summed E-state index contributed by atoms with van der Waals surface area (Å²) in [5.74, 6) is -0.218. The number of nitrogens with zero attached hydrogens (tertiary/aromatic N) is 5. The number of urea groups is 1. The quantitative estimate of drug-likeness (QED) is 0.361. The number of ether oxygens (including phenoxy) is 1. The zero-order valence-electron chi connectivity index (χ0n) is 23.6. The molecule has 0 N–H and O–H groups in total. The molecule has 3 aliphatic rings. The molecule has 42 heavy (non-hydrogen) atoms. The second kappa shape index (κ2) is 12.5. The Bertz CT molecular complexity index is 1420. The number of carbonyl (C=O) groups is 3. The van der Waals surface area contributed by atoms with E-state index in [0.717, 1.165) is 62.0 Å². The van der Waals surface area contributed by atoms with Gasteiger partial charge in [-0.05, 0) is 63.0 Å². The number of rotatable bonds is 8. The Morgan fingerprint density at radius 2 is 1.79 bits per heavy atom. The minimum Gasteiger partial charge on any atom is -0.445 e. The monoisotopic (exact) mass is 577 g/mol. The van der Waals surface area contributed by atoms with Crippen molar-refractivity contribution in [3.63, 3.8) is 0 Å². The Morgan fingerprint density at radius 1 is 1.00 bits per heavy atom. The molecule has 3 fully saturated rings. The predicted octanol–water partition coefficient (Wildman–Crippen LogP) is 4.60. The number of amides is 4. The number of likely N-dealkylation sites (tertiary alicyclic amines) is 1. The van der Waals surface area contributed by atoms with Crippen molar-refractivity contribution in [3.05, 3.63) is 65.6 Å². The van der Waals surface area contributed by atoms with E-state index in [-0.39, 0.29) is 42.7 Å². The molecule has 10 nitrogen and oxygen atoms in total. The van der Waals surface area contributed by atoms with E-state index in [2.05, 4.69) is 10.1 Å². The maximum Gasteiger partial charge on any atom is 0.410 e. The lowest BCUT2D eigenvalue weighted by Gasteiger charge is -2.45. The fraction of sp³-hybridized carbons (Fsp3) is 0.484. The molecule has 3 saturated heterocycles. The minimum atomic E-state index is -0.422. The first-order chi connectivity index (χ1) is 20.5. The lowest BCUT2D eigenvalue weighted by atomic mass is 9.91. The maximum absolute atomic E-state index is 13.5. The number of piperazine rings is 1. The van der Waals surface area contributed by atoms with Crippen LogP contribution in [-0.2, 0) is 16.1 Å². The number of benzene rings is 2. The van der Waals surface area contributed by atoms with Crippen LogP contribution >= 0.6 is 0 Å². The average molecular weight is 578 g/mol. The SMILES string of the molecule is O=C(OCc1ccccc1)N1CCN2C(=O)N(CCCCN3CCC(c4noc5cc(F)ccc45)CC3)C(=O)CC2C1. The van der Waals surface area contributed by atoms with Crippen molar-refractivity contribution in [2.45, 2.75) is 50.7 Å². The summed E-state index contributed by atoms with van der Waals surface area (Å²) in [4.78, 5) is 45.8. The molecule has 0 radical (unpaired) electrons. The first kappa shape index (κ1) is 28.1. The number of aromatic nitrogens is 1. The van der Waals surface area contributed by atoms with Crippen molar-refractivity contribution in [2.75, 3.05) is 45.8 Å². The number of halogens is 1. The highest BCUT2D eigenvalue weighted by atomic mass is 19.1. The third-order valence-corrected chi connectivity index (χ3v) is 8.68. The van der Waals surface area contributed by atoms with Crippen LogP contribution in [0.5, 0.6) is 0 Å². The second-order valence-electron chi connectivity index (χ2n) is 11.4. The van der Waals surface area contributed by atoms with Crippen LogP contribution < -0.4 is 0 Å². The summed E-state index contributed by atoms with van der Waals surface area (Å²) in [6, 6.07) is 13.5. The molecule has 2 aromatic carbocycles. The van der Waals surface area contributed by atoms with Crippen LogP contribution in [0.2, 0.25) is 0 Å². The number of hydrogen-bond donors (Lipinski definition) is 0. The van der Waals surface area contributed by atoms with Gasteiger partial charge in [0.1, 0.15) is 12.4 Å². The van der Waals surface area contributed by atoms with Crippen LogP contribution in [0.3, 0.4) is 0 Å². The Morgan fingerprint density at radius 3 is 2.60 bits per heavy atom. The first-order valence-corrected chi connectivity index (χ1v) is 14.8. The number of piperidine rings is 1. The van der Waals surface area contributed by atoms with Crippen molar-refractivity contribution in [1.82, 2.24) is 24.8 Å². The highest BCUT2D eigenvalue weighted by molar-refractivity contribution is 5.97. The van der Waals surface area contributed by atoms with Crippen LogP contribution in [0.1, 0.15) is 49.3 Å².